The third-order valence-corrected chi connectivity index (χ3v) is 5.42. The van der Waals surface area contributed by atoms with E-state index in [-0.39, 0.29) is 5.57 Å². The zero-order chi connectivity index (χ0) is 19.4. The smallest absolute Gasteiger partial charge is 0.210 e. The van der Waals surface area contributed by atoms with Crippen LogP contribution < -0.4 is 0 Å². The predicted molar refractivity (Wildman–Crippen MR) is 79.9 cm³/mol. The Labute approximate surface area is 148 Å². The highest BCUT2D eigenvalue weighted by molar-refractivity contribution is 5.27. The topological polar surface area (TPSA) is 190 Å². The third-order valence-electron chi connectivity index (χ3n) is 5.42. The number of hydrogen-bond acceptors (Lipinski definition) is 11. The van der Waals surface area contributed by atoms with Gasteiger partial charge in [0.15, 0.2) is 6.29 Å². The molecule has 0 aromatic rings. The molecule has 11 atom stereocenters. The second kappa shape index (κ2) is 6.95. The molecule has 3 aliphatic rings. The molecule has 2 aliphatic heterocycles. The van der Waals surface area contributed by atoms with Crippen molar-refractivity contribution in [1.82, 2.24) is 0 Å². The highest BCUT2D eigenvalue weighted by Crippen LogP contribution is 2.47. The van der Waals surface area contributed by atoms with Gasteiger partial charge in [0.2, 0.25) is 6.29 Å². The van der Waals surface area contributed by atoms with Crippen molar-refractivity contribution in [3.8, 4) is 0 Å². The van der Waals surface area contributed by atoms with Crippen molar-refractivity contribution in [2.45, 2.75) is 67.8 Å². The molecule has 3 rings (SSSR count). The van der Waals surface area contributed by atoms with Gasteiger partial charge in [-0.25, -0.2) is 0 Å². The van der Waals surface area contributed by atoms with Gasteiger partial charge in [0, 0.05) is 0 Å². The summed E-state index contributed by atoms with van der Waals surface area (Å²) in [7, 11) is 0. The molecule has 11 heteroatoms. The molecule has 0 radical (unpaired) electrons. The van der Waals surface area contributed by atoms with E-state index in [0.717, 1.165) is 6.26 Å². The molecule has 0 unspecified atom stereocenters. The predicted octanol–water partition coefficient (Wildman–Crippen LogP) is -4.49. The lowest BCUT2D eigenvalue weighted by atomic mass is 9.81. The average Bonchev–Trinajstić information content (AvgIpc) is 2.80. The van der Waals surface area contributed by atoms with Crippen LogP contribution in [-0.2, 0) is 14.2 Å². The Hall–Kier alpha value is -0.860. The fourth-order valence-corrected chi connectivity index (χ4v) is 3.76. The molecule has 1 saturated carbocycles. The van der Waals surface area contributed by atoms with E-state index in [2.05, 4.69) is 0 Å². The fourth-order valence-electron chi connectivity index (χ4n) is 3.76. The Kier molecular flexibility index (Phi) is 5.31. The van der Waals surface area contributed by atoms with Crippen LogP contribution in [0.1, 0.15) is 6.92 Å². The van der Waals surface area contributed by atoms with Crippen molar-refractivity contribution in [3.05, 3.63) is 11.8 Å². The van der Waals surface area contributed by atoms with Crippen molar-refractivity contribution in [1.29, 1.82) is 0 Å². The Morgan fingerprint density at radius 1 is 0.962 bits per heavy atom. The molecule has 150 valence electrons. The highest BCUT2D eigenvalue weighted by Gasteiger charge is 2.65. The van der Waals surface area contributed by atoms with Gasteiger partial charge in [0.1, 0.15) is 42.2 Å². The van der Waals surface area contributed by atoms with E-state index in [4.69, 9.17) is 14.2 Å². The Morgan fingerprint density at radius 3 is 2.23 bits per heavy atom. The SMILES string of the molecule is CC1=CO[C@@H](O[C@@H]2O[C@H](CO)[C@H](O)[C@@H](O)[C@H]2O)[C@@H]2[C@@H](O)[C@H](O)[C@@H](O)[C@]12O. The normalized spacial score (nSPS) is 54.4. The van der Waals surface area contributed by atoms with Crippen molar-refractivity contribution in [3.63, 3.8) is 0 Å². The van der Waals surface area contributed by atoms with Gasteiger partial charge in [-0.1, -0.05) is 0 Å². The number of aliphatic hydroxyl groups excluding tert-OH is 7. The summed E-state index contributed by atoms with van der Waals surface area (Å²) in [5, 5.41) is 79.9. The van der Waals surface area contributed by atoms with Gasteiger partial charge in [-0.3, -0.25) is 0 Å². The summed E-state index contributed by atoms with van der Waals surface area (Å²) in [6.45, 7) is 0.772. The summed E-state index contributed by atoms with van der Waals surface area (Å²) in [6.07, 6.45) is -13.2. The van der Waals surface area contributed by atoms with E-state index in [0.29, 0.717) is 0 Å². The standard InChI is InChI=1S/C15H24O11/c1-4-3-24-13(6-8(18)10(20)12(22)15(4,6)23)26-14-11(21)9(19)7(17)5(2-16)25-14/h3,5-14,16-23H,2H2,1H3/t5-,6+,7+,8-,9-,10+,11-,12-,13+,14+,15+/m1/s1. The van der Waals surface area contributed by atoms with E-state index in [1.165, 1.54) is 6.92 Å². The lowest BCUT2D eigenvalue weighted by Crippen LogP contribution is -2.61. The quantitative estimate of drug-likeness (QED) is 0.235. The van der Waals surface area contributed by atoms with Gasteiger partial charge in [0.25, 0.3) is 0 Å². The van der Waals surface area contributed by atoms with Crippen LogP contribution in [0.25, 0.3) is 0 Å². The number of fused-ring (bicyclic) bond motifs is 1. The molecule has 0 bridgehead atoms. The molecule has 0 amide bonds. The molecule has 2 fully saturated rings. The minimum atomic E-state index is -2.05. The van der Waals surface area contributed by atoms with Gasteiger partial charge >= 0.3 is 0 Å². The van der Waals surface area contributed by atoms with Gasteiger partial charge in [-0.15, -0.1) is 0 Å². The fraction of sp³-hybridized carbons (Fsp3) is 0.867. The first-order valence-corrected chi connectivity index (χ1v) is 8.19. The maximum Gasteiger partial charge on any atom is 0.210 e. The van der Waals surface area contributed by atoms with Crippen LogP contribution >= 0.6 is 0 Å². The van der Waals surface area contributed by atoms with Crippen molar-refractivity contribution < 1.29 is 55.1 Å². The Bertz CT molecular complexity index is 554. The molecule has 1 aliphatic carbocycles. The Morgan fingerprint density at radius 2 is 1.62 bits per heavy atom. The average molecular weight is 380 g/mol. The zero-order valence-corrected chi connectivity index (χ0v) is 13.9. The van der Waals surface area contributed by atoms with Gasteiger partial charge in [-0.2, -0.15) is 0 Å². The van der Waals surface area contributed by atoms with Crippen LogP contribution in [0.3, 0.4) is 0 Å². The first-order valence-electron chi connectivity index (χ1n) is 8.19. The minimum Gasteiger partial charge on any atom is -0.472 e. The van der Waals surface area contributed by atoms with Crippen LogP contribution in [0.4, 0.5) is 0 Å². The molecule has 0 spiro atoms. The lowest BCUT2D eigenvalue weighted by molar-refractivity contribution is -0.349. The van der Waals surface area contributed by atoms with E-state index < -0.39 is 73.4 Å². The maximum absolute atomic E-state index is 10.8. The molecular weight excluding hydrogens is 356 g/mol. The van der Waals surface area contributed by atoms with Gasteiger partial charge in [-0.05, 0) is 12.5 Å². The second-order valence-corrected chi connectivity index (χ2v) is 6.92. The van der Waals surface area contributed by atoms with Crippen LogP contribution in [0.5, 0.6) is 0 Å². The molecular formula is C15H24O11. The number of ether oxygens (including phenoxy) is 3. The van der Waals surface area contributed by atoms with Crippen molar-refractivity contribution in [2.75, 3.05) is 6.61 Å². The van der Waals surface area contributed by atoms with E-state index in [1.54, 1.807) is 0 Å². The van der Waals surface area contributed by atoms with Gasteiger partial charge in [0.05, 0.1) is 24.9 Å². The van der Waals surface area contributed by atoms with Crippen molar-refractivity contribution in [2.24, 2.45) is 5.92 Å². The second-order valence-electron chi connectivity index (χ2n) is 6.92. The summed E-state index contributed by atoms with van der Waals surface area (Å²) >= 11 is 0. The molecule has 26 heavy (non-hydrogen) atoms. The van der Waals surface area contributed by atoms with Crippen molar-refractivity contribution >= 4 is 0 Å². The molecule has 0 aromatic carbocycles. The van der Waals surface area contributed by atoms with Gasteiger partial charge < -0.3 is 55.1 Å². The lowest BCUT2D eigenvalue weighted by Gasteiger charge is -2.45. The molecule has 11 nitrogen and oxygen atoms in total. The number of aliphatic hydroxyl groups is 8. The Balaban J connectivity index is 1.84. The summed E-state index contributed by atoms with van der Waals surface area (Å²) in [4.78, 5) is 0. The monoisotopic (exact) mass is 380 g/mol. The molecule has 0 aromatic heterocycles. The highest BCUT2D eigenvalue weighted by atomic mass is 16.8. The summed E-state index contributed by atoms with van der Waals surface area (Å²) < 4.78 is 15.9. The zero-order valence-electron chi connectivity index (χ0n) is 13.9. The molecule has 2 heterocycles. The summed E-state index contributed by atoms with van der Waals surface area (Å²) in [5.74, 6) is -1.33. The van der Waals surface area contributed by atoms with Crippen LogP contribution in [-0.4, -0.2) is 108 Å². The first kappa shape index (κ1) is 19.9. The van der Waals surface area contributed by atoms with Crippen LogP contribution in [0, 0.1) is 5.92 Å². The number of rotatable bonds is 3. The number of hydrogen-bond donors (Lipinski definition) is 8. The summed E-state index contributed by atoms with van der Waals surface area (Å²) in [5.41, 5.74) is -1.89. The maximum atomic E-state index is 10.8. The summed E-state index contributed by atoms with van der Waals surface area (Å²) in [6, 6.07) is 0. The third kappa shape index (κ3) is 2.76. The minimum absolute atomic E-state index is 0.152. The first-order chi connectivity index (χ1) is 12.1. The van der Waals surface area contributed by atoms with Crippen LogP contribution in [0.15, 0.2) is 11.8 Å². The molecule has 8 N–H and O–H groups in total. The van der Waals surface area contributed by atoms with E-state index >= 15 is 0 Å². The molecule has 1 saturated heterocycles. The van der Waals surface area contributed by atoms with E-state index in [9.17, 15) is 40.9 Å². The largest absolute Gasteiger partial charge is 0.472 e. The van der Waals surface area contributed by atoms with E-state index in [1.807, 2.05) is 0 Å². The van der Waals surface area contributed by atoms with Crippen LogP contribution in [0.2, 0.25) is 0 Å².